The molecule has 8 aromatic carbocycles. The molecule has 0 fully saturated rings. The fourth-order valence-electron chi connectivity index (χ4n) is 9.11. The summed E-state index contributed by atoms with van der Waals surface area (Å²) in [6, 6.07) is 69.7. The van der Waals surface area contributed by atoms with Gasteiger partial charge in [0.25, 0.3) is 0 Å². The summed E-state index contributed by atoms with van der Waals surface area (Å²) in [6.45, 7) is 0. The van der Waals surface area contributed by atoms with Crippen molar-refractivity contribution in [3.05, 3.63) is 194 Å². The van der Waals surface area contributed by atoms with E-state index in [1.807, 2.05) is 0 Å². The zero-order valence-electron chi connectivity index (χ0n) is 30.3. The SMILES string of the molecule is c1ccc2c(c1)-c1ccccc1-c1ccc(-c3cc(-n4c5ccccc5c5ccccc54)nc(-n4c5ccccc5c5ccccc54)n3)cc1-c1ccccc1-2. The van der Waals surface area contributed by atoms with Gasteiger partial charge in [-0.3, -0.25) is 9.13 Å². The van der Waals surface area contributed by atoms with Crippen LogP contribution in [0.2, 0.25) is 0 Å². The van der Waals surface area contributed by atoms with Crippen LogP contribution in [0.15, 0.2) is 194 Å². The Bertz CT molecular complexity index is 3140. The van der Waals surface area contributed by atoms with Crippen LogP contribution in [-0.4, -0.2) is 19.1 Å². The smallest absolute Gasteiger partial charge is 0.237 e. The van der Waals surface area contributed by atoms with Crippen molar-refractivity contribution < 1.29 is 0 Å². The van der Waals surface area contributed by atoms with Crippen LogP contribution < -0.4 is 0 Å². The molecule has 3 heterocycles. The fraction of sp³-hybridized carbons (Fsp3) is 0. The summed E-state index contributed by atoms with van der Waals surface area (Å²) in [4.78, 5) is 10.9. The van der Waals surface area contributed by atoms with Crippen molar-refractivity contribution in [1.82, 2.24) is 19.1 Å². The minimum Gasteiger partial charge on any atom is -0.294 e. The summed E-state index contributed by atoms with van der Waals surface area (Å²) in [5.74, 6) is 1.44. The van der Waals surface area contributed by atoms with Gasteiger partial charge in [0.05, 0.1) is 27.8 Å². The van der Waals surface area contributed by atoms with E-state index < -0.39 is 0 Å². The number of benzene rings is 8. The van der Waals surface area contributed by atoms with E-state index in [1.54, 1.807) is 0 Å². The first kappa shape index (κ1) is 30.9. The summed E-state index contributed by atoms with van der Waals surface area (Å²) in [5, 5.41) is 4.73. The van der Waals surface area contributed by atoms with Gasteiger partial charge in [0, 0.05) is 33.2 Å². The Hall–Kier alpha value is -7.56. The Balaban J connectivity index is 1.17. The first-order chi connectivity index (χ1) is 27.8. The molecule has 1 aliphatic rings. The number of hydrogen-bond acceptors (Lipinski definition) is 2. The summed E-state index contributed by atoms with van der Waals surface area (Å²) in [5.41, 5.74) is 15.9. The van der Waals surface area contributed by atoms with E-state index >= 15 is 0 Å². The molecule has 0 unspecified atom stereocenters. The van der Waals surface area contributed by atoms with Crippen LogP contribution in [0.25, 0.3) is 111 Å². The third kappa shape index (κ3) is 4.47. The molecule has 12 rings (SSSR count). The van der Waals surface area contributed by atoms with Crippen LogP contribution in [0.1, 0.15) is 0 Å². The van der Waals surface area contributed by atoms with Gasteiger partial charge in [-0.2, -0.15) is 4.98 Å². The topological polar surface area (TPSA) is 35.6 Å². The Morgan fingerprint density at radius 1 is 0.286 bits per heavy atom. The second-order valence-corrected chi connectivity index (χ2v) is 14.5. The Kier molecular flexibility index (Phi) is 6.60. The number of rotatable bonds is 3. The van der Waals surface area contributed by atoms with Gasteiger partial charge >= 0.3 is 0 Å². The molecule has 0 amide bonds. The molecule has 0 spiro atoms. The van der Waals surface area contributed by atoms with Crippen molar-refractivity contribution in [2.45, 2.75) is 0 Å². The Morgan fingerprint density at radius 2 is 0.643 bits per heavy atom. The molecule has 0 saturated heterocycles. The van der Waals surface area contributed by atoms with Crippen molar-refractivity contribution in [3.8, 4) is 67.5 Å². The minimum atomic E-state index is 0.628. The van der Waals surface area contributed by atoms with E-state index in [2.05, 4.69) is 203 Å². The minimum absolute atomic E-state index is 0.628. The van der Waals surface area contributed by atoms with E-state index in [-0.39, 0.29) is 0 Å². The summed E-state index contributed by atoms with van der Waals surface area (Å²) < 4.78 is 4.52. The molecule has 11 aromatic rings. The van der Waals surface area contributed by atoms with Gasteiger partial charge in [-0.25, -0.2) is 4.98 Å². The van der Waals surface area contributed by atoms with Gasteiger partial charge in [-0.05, 0) is 74.8 Å². The van der Waals surface area contributed by atoms with Crippen molar-refractivity contribution in [1.29, 1.82) is 0 Å². The lowest BCUT2D eigenvalue weighted by Gasteiger charge is -2.23. The summed E-state index contributed by atoms with van der Waals surface area (Å²) >= 11 is 0. The molecule has 4 nitrogen and oxygen atoms in total. The van der Waals surface area contributed by atoms with Crippen LogP contribution in [0.3, 0.4) is 0 Å². The van der Waals surface area contributed by atoms with E-state index in [0.29, 0.717) is 5.95 Å². The molecule has 3 aromatic heterocycles. The lowest BCUT2D eigenvalue weighted by molar-refractivity contribution is 0.952. The summed E-state index contributed by atoms with van der Waals surface area (Å²) in [6.07, 6.45) is 0. The molecular formula is C52H32N4. The van der Waals surface area contributed by atoms with E-state index in [0.717, 1.165) is 39.1 Å². The second-order valence-electron chi connectivity index (χ2n) is 14.5. The van der Waals surface area contributed by atoms with E-state index in [9.17, 15) is 0 Å². The van der Waals surface area contributed by atoms with E-state index in [4.69, 9.17) is 9.97 Å². The number of para-hydroxylation sites is 4. The normalized spacial score (nSPS) is 11.9. The lowest BCUT2D eigenvalue weighted by atomic mass is 9.80. The quantitative estimate of drug-likeness (QED) is 0.183. The van der Waals surface area contributed by atoms with Crippen molar-refractivity contribution >= 4 is 43.6 Å². The van der Waals surface area contributed by atoms with Crippen LogP contribution in [0.4, 0.5) is 0 Å². The van der Waals surface area contributed by atoms with Gasteiger partial charge in [0.15, 0.2) is 0 Å². The van der Waals surface area contributed by atoms with Crippen LogP contribution >= 0.6 is 0 Å². The number of nitrogens with zero attached hydrogens (tertiary/aromatic N) is 4. The predicted molar refractivity (Wildman–Crippen MR) is 231 cm³/mol. The maximum atomic E-state index is 5.48. The monoisotopic (exact) mass is 712 g/mol. The highest BCUT2D eigenvalue weighted by Crippen LogP contribution is 2.48. The molecule has 0 aliphatic heterocycles. The lowest BCUT2D eigenvalue weighted by Crippen LogP contribution is -2.07. The zero-order chi connectivity index (χ0) is 36.7. The molecule has 0 bridgehead atoms. The predicted octanol–water partition coefficient (Wildman–Crippen LogP) is 13.3. The molecule has 0 saturated carbocycles. The van der Waals surface area contributed by atoms with Gasteiger partial charge in [-0.1, -0.05) is 158 Å². The Morgan fingerprint density at radius 3 is 1.09 bits per heavy atom. The maximum absolute atomic E-state index is 5.48. The fourth-order valence-corrected chi connectivity index (χ4v) is 9.11. The highest BCUT2D eigenvalue weighted by molar-refractivity contribution is 6.10. The zero-order valence-corrected chi connectivity index (χ0v) is 30.3. The number of aromatic nitrogens is 4. The molecule has 56 heavy (non-hydrogen) atoms. The van der Waals surface area contributed by atoms with E-state index in [1.165, 1.54) is 66.1 Å². The molecule has 0 N–H and O–H groups in total. The van der Waals surface area contributed by atoms with Gasteiger partial charge in [0.2, 0.25) is 5.95 Å². The molecule has 260 valence electrons. The molecule has 1 aliphatic carbocycles. The van der Waals surface area contributed by atoms with Crippen molar-refractivity contribution in [2.75, 3.05) is 0 Å². The Labute approximate surface area is 323 Å². The van der Waals surface area contributed by atoms with Crippen LogP contribution in [-0.2, 0) is 0 Å². The van der Waals surface area contributed by atoms with Crippen LogP contribution in [0, 0.1) is 0 Å². The average Bonchev–Trinajstić information content (AvgIpc) is 3.79. The first-order valence-corrected chi connectivity index (χ1v) is 19.1. The standard InChI is InChI=1S/C52H32N4/c1-2-16-35-34(15-1)36-17-3-4-19-38(36)40-30-29-33(31-45(40)39-20-6-5-18-37(35)39)46-32-51(55-47-25-11-7-21-41(47)42-22-8-12-26-48(42)55)54-52(53-46)56-49-27-13-9-23-43(49)44-24-10-14-28-50(44)56/h1-32H. The molecule has 0 atom stereocenters. The maximum Gasteiger partial charge on any atom is 0.237 e. The number of hydrogen-bond donors (Lipinski definition) is 0. The molecule has 0 radical (unpaired) electrons. The number of fused-ring (bicyclic) bond motifs is 14. The van der Waals surface area contributed by atoms with Gasteiger partial charge in [-0.15, -0.1) is 0 Å². The highest BCUT2D eigenvalue weighted by Gasteiger charge is 2.24. The third-order valence-corrected chi connectivity index (χ3v) is 11.5. The van der Waals surface area contributed by atoms with Crippen molar-refractivity contribution in [3.63, 3.8) is 0 Å². The largest absolute Gasteiger partial charge is 0.294 e. The highest BCUT2D eigenvalue weighted by atomic mass is 15.2. The molecular weight excluding hydrogens is 681 g/mol. The second kappa shape index (κ2) is 12.0. The van der Waals surface area contributed by atoms with Gasteiger partial charge < -0.3 is 0 Å². The first-order valence-electron chi connectivity index (χ1n) is 19.1. The van der Waals surface area contributed by atoms with Gasteiger partial charge in [0.1, 0.15) is 5.82 Å². The third-order valence-electron chi connectivity index (χ3n) is 11.5. The summed E-state index contributed by atoms with van der Waals surface area (Å²) in [7, 11) is 0. The molecule has 4 heteroatoms. The van der Waals surface area contributed by atoms with Crippen molar-refractivity contribution in [2.24, 2.45) is 0 Å². The van der Waals surface area contributed by atoms with Crippen LogP contribution in [0.5, 0.6) is 0 Å². The average molecular weight is 713 g/mol.